The lowest BCUT2D eigenvalue weighted by atomic mass is 9.83. The fourth-order valence-corrected chi connectivity index (χ4v) is 6.68. The minimum Gasteiger partial charge on any atom is -0.381 e. The number of nitrogens with two attached hydrogens (primary N) is 1. The molecule has 1 amide bonds. The van der Waals surface area contributed by atoms with Gasteiger partial charge in [0.05, 0.1) is 28.5 Å². The number of aromatic nitrogens is 3. The maximum absolute atomic E-state index is 13.7. The molecule has 10 heteroatoms. The number of nitrogens with one attached hydrogen (secondary N) is 2. The molecule has 1 spiro atoms. The maximum atomic E-state index is 13.7. The number of amides is 1. The minimum absolute atomic E-state index is 0.109. The summed E-state index contributed by atoms with van der Waals surface area (Å²) in [5.41, 5.74) is 8.16. The Morgan fingerprint density at radius 1 is 1.14 bits per heavy atom. The molecule has 2 aromatic rings. The summed E-state index contributed by atoms with van der Waals surface area (Å²) in [7, 11) is 0. The summed E-state index contributed by atoms with van der Waals surface area (Å²) in [6, 6.07) is 2.50. The van der Waals surface area contributed by atoms with Gasteiger partial charge >= 0.3 is 0 Å². The molecule has 4 N–H and O–H groups in total. The number of anilines is 4. The first-order chi connectivity index (χ1) is 17.9. The van der Waals surface area contributed by atoms with E-state index in [1.165, 1.54) is 25.7 Å². The Morgan fingerprint density at radius 3 is 2.49 bits per heavy atom. The summed E-state index contributed by atoms with van der Waals surface area (Å²) in [6.07, 6.45) is 12.5. The van der Waals surface area contributed by atoms with Crippen LogP contribution < -0.4 is 21.3 Å². The van der Waals surface area contributed by atoms with Gasteiger partial charge in [-0.05, 0) is 32.8 Å². The highest BCUT2D eigenvalue weighted by atomic mass is 35.5. The van der Waals surface area contributed by atoms with Crippen LogP contribution in [0.5, 0.6) is 0 Å². The Hall–Kier alpha value is -2.52. The van der Waals surface area contributed by atoms with Crippen molar-refractivity contribution < 1.29 is 4.79 Å². The smallest absolute Gasteiger partial charge is 0.263 e. The topological polar surface area (TPSA) is 104 Å². The van der Waals surface area contributed by atoms with Crippen molar-refractivity contribution in [1.29, 1.82) is 0 Å². The summed E-state index contributed by atoms with van der Waals surface area (Å²) >= 11 is 6.98. The van der Waals surface area contributed by atoms with Gasteiger partial charge in [0.1, 0.15) is 11.4 Å². The molecule has 4 heterocycles. The van der Waals surface area contributed by atoms with Gasteiger partial charge in [-0.15, -0.1) is 11.6 Å². The standard InChI is InChI=1S/C27H41ClN8O/c1-19(2)34-13-15-35(16-14-34)21-9-12-30-17-20(21)32-26(37)23-24(29)33-36-25(23)31-18-22(28)27(36)10-7-5-3-4-6-8-11-27/h9,12,17,19,22,31H,3-8,10-11,13-16,18H2,1-2H3,(H2,29,33)(H,32,37). The van der Waals surface area contributed by atoms with Crippen molar-refractivity contribution in [2.24, 2.45) is 0 Å². The van der Waals surface area contributed by atoms with E-state index in [1.807, 2.05) is 10.7 Å². The third-order valence-electron chi connectivity index (χ3n) is 8.49. The molecule has 5 rings (SSSR count). The Bertz CT molecular complexity index is 1080. The molecule has 1 saturated heterocycles. The van der Waals surface area contributed by atoms with Crippen molar-refractivity contribution in [3.63, 3.8) is 0 Å². The molecule has 1 aliphatic carbocycles. The molecular formula is C27H41ClN8O. The van der Waals surface area contributed by atoms with Crippen LogP contribution in [0.25, 0.3) is 0 Å². The average Bonchev–Trinajstić information content (AvgIpc) is 3.29. The van der Waals surface area contributed by atoms with Gasteiger partial charge in [0.25, 0.3) is 5.91 Å². The molecule has 1 atom stereocenters. The first kappa shape index (κ1) is 26.1. The van der Waals surface area contributed by atoms with Crippen LogP contribution in [0.4, 0.5) is 23.0 Å². The van der Waals surface area contributed by atoms with Crippen molar-refractivity contribution in [2.45, 2.75) is 82.2 Å². The van der Waals surface area contributed by atoms with Gasteiger partial charge in [-0.1, -0.05) is 38.5 Å². The predicted molar refractivity (Wildman–Crippen MR) is 151 cm³/mol. The summed E-state index contributed by atoms with van der Waals surface area (Å²) in [5.74, 6) is 0.649. The second-order valence-corrected chi connectivity index (χ2v) is 11.6. The first-order valence-corrected chi connectivity index (χ1v) is 14.4. The van der Waals surface area contributed by atoms with Gasteiger partial charge in [0.2, 0.25) is 0 Å². The number of hydrogen-bond acceptors (Lipinski definition) is 7. The van der Waals surface area contributed by atoms with E-state index >= 15 is 0 Å². The molecule has 9 nitrogen and oxygen atoms in total. The zero-order chi connectivity index (χ0) is 26.0. The lowest BCUT2D eigenvalue weighted by Crippen LogP contribution is -2.50. The first-order valence-electron chi connectivity index (χ1n) is 13.9. The lowest BCUT2D eigenvalue weighted by Gasteiger charge is -2.43. The van der Waals surface area contributed by atoms with Gasteiger partial charge in [-0.25, -0.2) is 4.68 Å². The van der Waals surface area contributed by atoms with Crippen molar-refractivity contribution in [1.82, 2.24) is 19.7 Å². The largest absolute Gasteiger partial charge is 0.381 e. The van der Waals surface area contributed by atoms with Crippen LogP contribution in [0.1, 0.15) is 75.6 Å². The summed E-state index contributed by atoms with van der Waals surface area (Å²) in [6.45, 7) is 8.83. The summed E-state index contributed by atoms with van der Waals surface area (Å²) in [4.78, 5) is 22.8. The maximum Gasteiger partial charge on any atom is 0.263 e. The highest BCUT2D eigenvalue weighted by molar-refractivity contribution is 6.22. The number of pyridine rings is 1. The average molecular weight is 529 g/mol. The molecule has 1 saturated carbocycles. The molecule has 202 valence electrons. The van der Waals surface area contributed by atoms with Gasteiger partial charge in [-0.3, -0.25) is 14.7 Å². The molecule has 0 radical (unpaired) electrons. The highest BCUT2D eigenvalue weighted by Crippen LogP contribution is 2.44. The van der Waals surface area contributed by atoms with Crippen LogP contribution in [0.3, 0.4) is 0 Å². The van der Waals surface area contributed by atoms with Crippen LogP contribution in [0.15, 0.2) is 18.5 Å². The summed E-state index contributed by atoms with van der Waals surface area (Å²) < 4.78 is 1.96. The number of alkyl halides is 1. The minimum atomic E-state index is -0.325. The molecule has 2 aromatic heterocycles. The second-order valence-electron chi connectivity index (χ2n) is 11.1. The number of piperazine rings is 1. The van der Waals surface area contributed by atoms with Crippen LogP contribution in [-0.4, -0.2) is 69.7 Å². The van der Waals surface area contributed by atoms with Crippen molar-refractivity contribution in [2.75, 3.05) is 54.0 Å². The number of nitrogen functional groups attached to an aromatic ring is 1. The third kappa shape index (κ3) is 5.12. The zero-order valence-electron chi connectivity index (χ0n) is 22.2. The molecule has 2 fully saturated rings. The zero-order valence-corrected chi connectivity index (χ0v) is 22.9. The van der Waals surface area contributed by atoms with Crippen molar-refractivity contribution in [3.05, 3.63) is 24.0 Å². The molecule has 0 bridgehead atoms. The van der Waals surface area contributed by atoms with E-state index in [4.69, 9.17) is 22.4 Å². The van der Waals surface area contributed by atoms with Crippen LogP contribution in [-0.2, 0) is 5.54 Å². The Morgan fingerprint density at radius 2 is 1.81 bits per heavy atom. The number of hydrogen-bond donors (Lipinski definition) is 3. The lowest BCUT2D eigenvalue weighted by molar-refractivity contribution is 0.102. The molecule has 1 unspecified atom stereocenters. The number of fused-ring (bicyclic) bond motifs is 2. The van der Waals surface area contributed by atoms with Gasteiger partial charge < -0.3 is 21.3 Å². The van der Waals surface area contributed by atoms with E-state index < -0.39 is 0 Å². The molecule has 2 aliphatic heterocycles. The fourth-order valence-electron chi connectivity index (χ4n) is 6.30. The third-order valence-corrected chi connectivity index (χ3v) is 9.05. The molecule has 0 aromatic carbocycles. The number of rotatable bonds is 4. The number of halogens is 1. The number of nitrogens with zero attached hydrogens (tertiary/aromatic N) is 5. The van der Waals surface area contributed by atoms with E-state index in [-0.39, 0.29) is 22.6 Å². The number of carbonyl (C=O) groups is 1. The summed E-state index contributed by atoms with van der Waals surface area (Å²) in [5, 5.41) is 11.1. The Kier molecular flexibility index (Phi) is 7.81. The molecule has 37 heavy (non-hydrogen) atoms. The normalized spacial score (nSPS) is 22.6. The molecular weight excluding hydrogens is 488 g/mol. The SMILES string of the molecule is CC(C)N1CCN(c2ccncc2NC(=O)c2c(N)nn3c2NCC(Cl)C32CCCCCCCC2)CC1. The van der Waals surface area contributed by atoms with E-state index in [1.54, 1.807) is 12.4 Å². The van der Waals surface area contributed by atoms with Gasteiger partial charge in [-0.2, -0.15) is 5.10 Å². The predicted octanol–water partition coefficient (Wildman–Crippen LogP) is 4.51. The van der Waals surface area contributed by atoms with Crippen molar-refractivity contribution in [3.8, 4) is 0 Å². The van der Waals surface area contributed by atoms with Gasteiger partial charge in [0, 0.05) is 45.0 Å². The van der Waals surface area contributed by atoms with Crippen LogP contribution >= 0.6 is 11.6 Å². The highest BCUT2D eigenvalue weighted by Gasteiger charge is 2.46. The van der Waals surface area contributed by atoms with E-state index in [2.05, 4.69) is 39.3 Å². The van der Waals surface area contributed by atoms with Crippen LogP contribution in [0, 0.1) is 0 Å². The Labute approximate surface area is 225 Å². The second kappa shape index (κ2) is 11.1. The monoisotopic (exact) mass is 528 g/mol. The quantitative estimate of drug-likeness (QED) is 0.501. The molecule has 3 aliphatic rings. The van der Waals surface area contributed by atoms with E-state index in [9.17, 15) is 4.79 Å². The Balaban J connectivity index is 1.41. The fraction of sp³-hybridized carbons (Fsp3) is 0.667. The van der Waals surface area contributed by atoms with E-state index in [0.717, 1.165) is 57.5 Å². The van der Waals surface area contributed by atoms with Gasteiger partial charge in [0.15, 0.2) is 5.82 Å². The number of carbonyl (C=O) groups excluding carboxylic acids is 1. The van der Waals surface area contributed by atoms with E-state index in [0.29, 0.717) is 29.7 Å². The van der Waals surface area contributed by atoms with Crippen LogP contribution in [0.2, 0.25) is 0 Å². The van der Waals surface area contributed by atoms with Crippen molar-refractivity contribution >= 4 is 40.5 Å².